The van der Waals surface area contributed by atoms with Gasteiger partial charge in [-0.15, -0.1) is 0 Å². The summed E-state index contributed by atoms with van der Waals surface area (Å²) >= 11 is 0. The maximum Gasteiger partial charge on any atom is 0.159 e. The Bertz CT molecular complexity index is 793. The Morgan fingerprint density at radius 1 is 0.788 bits per heavy atom. The van der Waals surface area contributed by atoms with Crippen LogP contribution in [0.4, 0.5) is 4.39 Å². The lowest BCUT2D eigenvalue weighted by atomic mass is 9.76. The van der Waals surface area contributed by atoms with E-state index >= 15 is 4.39 Å². The van der Waals surface area contributed by atoms with Gasteiger partial charge in [0.15, 0.2) is 5.82 Å². The molecule has 1 aliphatic rings. The molecule has 1 fully saturated rings. The Kier molecular flexibility index (Phi) is 11.3. The van der Waals surface area contributed by atoms with E-state index in [9.17, 15) is 0 Å². The molecule has 0 unspecified atom stereocenters. The van der Waals surface area contributed by atoms with E-state index in [1.165, 1.54) is 89.0 Å². The lowest BCUT2D eigenvalue weighted by molar-refractivity contribution is 0.298. The quantitative estimate of drug-likeness (QED) is 0.267. The fourth-order valence-corrected chi connectivity index (χ4v) is 5.36. The molecule has 0 aliphatic heterocycles. The van der Waals surface area contributed by atoms with Crippen LogP contribution < -0.4 is 0 Å². The smallest absolute Gasteiger partial charge is 0.159 e. The maximum atomic E-state index is 15.0. The summed E-state index contributed by atoms with van der Waals surface area (Å²) in [4.78, 5) is 9.05. The summed E-state index contributed by atoms with van der Waals surface area (Å²) in [5.74, 6) is 1.76. The first-order valence-corrected chi connectivity index (χ1v) is 13.8. The maximum absolute atomic E-state index is 15.0. The van der Waals surface area contributed by atoms with Gasteiger partial charge in [-0.1, -0.05) is 90.2 Å². The SMILES string of the molecule is CCCCCCCc1cnc(-c2ccc([C@H]3CC[C@H](CCCCCCC)CC3)c(F)c2)nc1. The van der Waals surface area contributed by atoms with Crippen LogP contribution in [0.5, 0.6) is 0 Å². The minimum Gasteiger partial charge on any atom is -0.236 e. The van der Waals surface area contributed by atoms with E-state index in [1.807, 2.05) is 24.5 Å². The molecule has 0 bridgehead atoms. The van der Waals surface area contributed by atoms with Crippen LogP contribution in [0.25, 0.3) is 11.4 Å². The molecule has 1 aliphatic carbocycles. The second-order valence-corrected chi connectivity index (χ2v) is 10.2. The average molecular weight is 453 g/mol. The molecule has 2 nitrogen and oxygen atoms in total. The third-order valence-electron chi connectivity index (χ3n) is 7.54. The normalized spacial score (nSPS) is 18.5. The summed E-state index contributed by atoms with van der Waals surface area (Å²) in [5, 5.41) is 0. The molecule has 0 amide bonds. The van der Waals surface area contributed by atoms with Gasteiger partial charge in [-0.3, -0.25) is 0 Å². The highest BCUT2D eigenvalue weighted by atomic mass is 19.1. The van der Waals surface area contributed by atoms with E-state index in [0.29, 0.717) is 11.7 Å². The molecule has 1 heterocycles. The Hall–Kier alpha value is -1.77. The first-order chi connectivity index (χ1) is 16.2. The molecule has 2 aromatic rings. The molecular formula is C30H45FN2. The zero-order chi connectivity index (χ0) is 23.3. The van der Waals surface area contributed by atoms with Gasteiger partial charge >= 0.3 is 0 Å². The number of aryl methyl sites for hydroxylation is 1. The van der Waals surface area contributed by atoms with E-state index < -0.39 is 0 Å². The molecule has 3 rings (SSSR count). The van der Waals surface area contributed by atoms with Crippen molar-refractivity contribution < 1.29 is 4.39 Å². The Balaban J connectivity index is 1.47. The topological polar surface area (TPSA) is 25.8 Å². The third kappa shape index (κ3) is 8.50. The molecule has 3 heteroatoms. The highest BCUT2D eigenvalue weighted by Gasteiger charge is 2.24. The van der Waals surface area contributed by atoms with Gasteiger partial charge in [0.1, 0.15) is 5.82 Å². The van der Waals surface area contributed by atoms with Gasteiger partial charge in [0.25, 0.3) is 0 Å². The molecule has 0 radical (unpaired) electrons. The molecule has 33 heavy (non-hydrogen) atoms. The van der Waals surface area contributed by atoms with E-state index in [2.05, 4.69) is 23.8 Å². The van der Waals surface area contributed by atoms with Gasteiger partial charge in [-0.25, -0.2) is 14.4 Å². The fourth-order valence-electron chi connectivity index (χ4n) is 5.36. The predicted octanol–water partition coefficient (Wildman–Crippen LogP) is 9.43. The monoisotopic (exact) mass is 452 g/mol. The van der Waals surface area contributed by atoms with Crippen LogP contribution in [-0.2, 0) is 6.42 Å². The molecule has 1 aromatic carbocycles. The Morgan fingerprint density at radius 3 is 2.06 bits per heavy atom. The minimum absolute atomic E-state index is 0.0842. The van der Waals surface area contributed by atoms with Crippen LogP contribution in [0.1, 0.15) is 127 Å². The van der Waals surface area contributed by atoms with Gasteiger partial charge in [0.05, 0.1) is 0 Å². The van der Waals surface area contributed by atoms with Crippen molar-refractivity contribution in [2.45, 2.75) is 122 Å². The van der Waals surface area contributed by atoms with Crippen molar-refractivity contribution in [1.29, 1.82) is 0 Å². The van der Waals surface area contributed by atoms with E-state index in [0.717, 1.165) is 36.3 Å². The molecule has 0 atom stereocenters. The van der Waals surface area contributed by atoms with Crippen molar-refractivity contribution in [2.75, 3.05) is 0 Å². The minimum atomic E-state index is -0.0842. The zero-order valence-electron chi connectivity index (χ0n) is 21.1. The number of aromatic nitrogens is 2. The Labute approximate surface area is 201 Å². The predicted molar refractivity (Wildman–Crippen MR) is 138 cm³/mol. The number of hydrogen-bond acceptors (Lipinski definition) is 2. The van der Waals surface area contributed by atoms with Crippen molar-refractivity contribution in [3.8, 4) is 11.4 Å². The first-order valence-electron chi connectivity index (χ1n) is 13.8. The van der Waals surface area contributed by atoms with Crippen molar-refractivity contribution in [3.63, 3.8) is 0 Å². The van der Waals surface area contributed by atoms with Crippen molar-refractivity contribution in [1.82, 2.24) is 9.97 Å². The lowest BCUT2D eigenvalue weighted by Gasteiger charge is -2.29. The van der Waals surface area contributed by atoms with Crippen LogP contribution in [-0.4, -0.2) is 9.97 Å². The molecule has 0 saturated heterocycles. The van der Waals surface area contributed by atoms with Crippen molar-refractivity contribution in [2.24, 2.45) is 5.92 Å². The van der Waals surface area contributed by atoms with Crippen LogP contribution in [0.3, 0.4) is 0 Å². The number of rotatable bonds is 14. The molecule has 0 N–H and O–H groups in total. The summed E-state index contributed by atoms with van der Waals surface area (Å²) < 4.78 is 15.0. The van der Waals surface area contributed by atoms with E-state index in [4.69, 9.17) is 0 Å². The van der Waals surface area contributed by atoms with E-state index in [-0.39, 0.29) is 5.82 Å². The molecule has 0 spiro atoms. The molecule has 182 valence electrons. The summed E-state index contributed by atoms with van der Waals surface area (Å²) in [5.41, 5.74) is 2.85. The summed E-state index contributed by atoms with van der Waals surface area (Å²) in [6.45, 7) is 4.51. The molecular weight excluding hydrogens is 407 g/mol. The van der Waals surface area contributed by atoms with Crippen molar-refractivity contribution in [3.05, 3.63) is 47.5 Å². The van der Waals surface area contributed by atoms with Crippen LogP contribution in [0.2, 0.25) is 0 Å². The second kappa shape index (κ2) is 14.5. The summed E-state index contributed by atoms with van der Waals surface area (Å²) in [6.07, 6.45) is 24.1. The van der Waals surface area contributed by atoms with Gasteiger partial charge in [0.2, 0.25) is 0 Å². The first kappa shape index (κ1) is 25.8. The zero-order valence-corrected chi connectivity index (χ0v) is 21.1. The van der Waals surface area contributed by atoms with Crippen LogP contribution >= 0.6 is 0 Å². The van der Waals surface area contributed by atoms with Crippen LogP contribution in [0.15, 0.2) is 30.6 Å². The number of unbranched alkanes of at least 4 members (excludes halogenated alkanes) is 8. The number of nitrogens with zero attached hydrogens (tertiary/aromatic N) is 2. The van der Waals surface area contributed by atoms with Gasteiger partial charge in [-0.2, -0.15) is 0 Å². The second-order valence-electron chi connectivity index (χ2n) is 10.2. The van der Waals surface area contributed by atoms with Crippen molar-refractivity contribution >= 4 is 0 Å². The van der Waals surface area contributed by atoms with Crippen LogP contribution in [0, 0.1) is 11.7 Å². The summed E-state index contributed by atoms with van der Waals surface area (Å²) in [7, 11) is 0. The number of hydrogen-bond donors (Lipinski definition) is 0. The fraction of sp³-hybridized carbons (Fsp3) is 0.667. The lowest BCUT2D eigenvalue weighted by Crippen LogP contribution is -2.14. The largest absolute Gasteiger partial charge is 0.236 e. The average Bonchev–Trinajstić information content (AvgIpc) is 2.85. The Morgan fingerprint density at radius 2 is 1.42 bits per heavy atom. The number of halogens is 1. The third-order valence-corrected chi connectivity index (χ3v) is 7.54. The van der Waals surface area contributed by atoms with Gasteiger partial charge < -0.3 is 0 Å². The van der Waals surface area contributed by atoms with Gasteiger partial charge in [-0.05, 0) is 67.6 Å². The summed E-state index contributed by atoms with van der Waals surface area (Å²) in [6, 6.07) is 5.65. The number of benzene rings is 1. The highest BCUT2D eigenvalue weighted by Crippen LogP contribution is 2.39. The van der Waals surface area contributed by atoms with Gasteiger partial charge in [0, 0.05) is 18.0 Å². The standard InChI is InChI=1S/C30H45FN2/c1-3-5-7-9-11-13-24-15-17-26(18-16-24)28-20-19-27(21-29(28)31)30-32-22-25(23-33-30)14-12-10-8-6-4-2/h19-24,26H,3-18H2,1-2H3/t24-,26-. The molecule has 1 aromatic heterocycles. The highest BCUT2D eigenvalue weighted by molar-refractivity contribution is 5.55. The molecule has 1 saturated carbocycles. The van der Waals surface area contributed by atoms with E-state index in [1.54, 1.807) is 6.07 Å².